The average Bonchev–Trinajstić information content (AvgIpc) is 2.65. The fraction of sp³-hybridized carbons (Fsp3) is 0.500. The predicted molar refractivity (Wildman–Crippen MR) is 63.9 cm³/mol. The molecule has 0 unspecified atom stereocenters. The number of aromatic carboxylic acids is 1. The molecule has 0 bridgehead atoms. The molecule has 0 radical (unpaired) electrons. The van der Waals surface area contributed by atoms with Gasteiger partial charge in [-0.3, -0.25) is 4.79 Å². The van der Waals surface area contributed by atoms with Crippen molar-refractivity contribution in [3.8, 4) is 0 Å². The predicted octanol–water partition coefficient (Wildman–Crippen LogP) is 0.505. The number of thiazole rings is 1. The lowest BCUT2D eigenvalue weighted by atomic mass is 10.3. The van der Waals surface area contributed by atoms with Gasteiger partial charge < -0.3 is 16.2 Å². The Balaban J connectivity index is 2.50. The van der Waals surface area contributed by atoms with E-state index in [9.17, 15) is 9.59 Å². The second kappa shape index (κ2) is 6.31. The molecule has 4 N–H and O–H groups in total. The number of nitrogens with one attached hydrogen (secondary N) is 1. The van der Waals surface area contributed by atoms with Crippen LogP contribution in [0.1, 0.15) is 33.2 Å². The molecule has 0 aromatic carbocycles. The number of aryl methyl sites for hydroxylation is 1. The Morgan fingerprint density at radius 3 is 2.76 bits per heavy atom. The minimum absolute atomic E-state index is 0.0567. The van der Waals surface area contributed by atoms with Crippen LogP contribution in [0.25, 0.3) is 0 Å². The first-order valence-electron chi connectivity index (χ1n) is 5.21. The molecule has 0 aliphatic rings. The van der Waals surface area contributed by atoms with Crippen LogP contribution in [0.4, 0.5) is 0 Å². The second-order valence-electron chi connectivity index (χ2n) is 3.49. The Morgan fingerprint density at radius 1 is 1.53 bits per heavy atom. The van der Waals surface area contributed by atoms with Crippen molar-refractivity contribution in [3.63, 3.8) is 0 Å². The smallest absolute Gasteiger partial charge is 0.355 e. The first-order valence-corrected chi connectivity index (χ1v) is 6.02. The van der Waals surface area contributed by atoms with Crippen LogP contribution >= 0.6 is 11.3 Å². The van der Waals surface area contributed by atoms with E-state index < -0.39 is 5.97 Å². The zero-order chi connectivity index (χ0) is 12.8. The zero-order valence-corrected chi connectivity index (χ0v) is 10.3. The van der Waals surface area contributed by atoms with Crippen molar-refractivity contribution in [2.75, 3.05) is 6.54 Å². The summed E-state index contributed by atoms with van der Waals surface area (Å²) in [6.45, 7) is 2.44. The molecule has 94 valence electrons. The van der Waals surface area contributed by atoms with Crippen molar-refractivity contribution >= 4 is 23.2 Å². The summed E-state index contributed by atoms with van der Waals surface area (Å²) >= 11 is 1.28. The molecule has 1 heterocycles. The highest BCUT2D eigenvalue weighted by Crippen LogP contribution is 2.17. The fourth-order valence-corrected chi connectivity index (χ4v) is 2.11. The van der Waals surface area contributed by atoms with Crippen LogP contribution < -0.4 is 11.1 Å². The molecule has 1 aromatic heterocycles. The maximum Gasteiger partial charge on any atom is 0.355 e. The van der Waals surface area contributed by atoms with Gasteiger partial charge in [0.25, 0.3) is 0 Å². The van der Waals surface area contributed by atoms with E-state index in [2.05, 4.69) is 10.3 Å². The number of aromatic nitrogens is 1. The lowest BCUT2D eigenvalue weighted by Gasteiger charge is -2.01. The Morgan fingerprint density at radius 2 is 2.24 bits per heavy atom. The monoisotopic (exact) mass is 257 g/mol. The van der Waals surface area contributed by atoms with Crippen LogP contribution in [0.3, 0.4) is 0 Å². The molecule has 6 nitrogen and oxygen atoms in total. The Kier molecular flexibility index (Phi) is 5.05. The molecule has 0 saturated carbocycles. The van der Waals surface area contributed by atoms with Crippen molar-refractivity contribution in [3.05, 3.63) is 15.6 Å². The Bertz CT molecular complexity index is 417. The minimum Gasteiger partial charge on any atom is -0.476 e. The van der Waals surface area contributed by atoms with Gasteiger partial charge in [-0.15, -0.1) is 11.3 Å². The molecular formula is C10H15N3O3S. The van der Waals surface area contributed by atoms with E-state index in [0.717, 1.165) is 0 Å². The highest BCUT2D eigenvalue weighted by Gasteiger charge is 2.14. The molecule has 1 rings (SSSR count). The second-order valence-corrected chi connectivity index (χ2v) is 4.77. The molecule has 0 spiro atoms. The number of nitrogens with two attached hydrogens (primary N) is 1. The largest absolute Gasteiger partial charge is 0.476 e. The quantitative estimate of drug-likeness (QED) is 0.688. The molecule has 17 heavy (non-hydrogen) atoms. The Labute approximate surface area is 103 Å². The van der Waals surface area contributed by atoms with E-state index in [1.807, 2.05) is 0 Å². The Hall–Kier alpha value is -1.47. The lowest BCUT2D eigenvalue weighted by molar-refractivity contribution is -0.121. The summed E-state index contributed by atoms with van der Waals surface area (Å²) in [5.41, 5.74) is 5.34. The molecular weight excluding hydrogens is 242 g/mol. The van der Waals surface area contributed by atoms with E-state index in [0.29, 0.717) is 29.3 Å². The van der Waals surface area contributed by atoms with Gasteiger partial charge in [0.1, 0.15) is 5.01 Å². The van der Waals surface area contributed by atoms with Crippen LogP contribution in [-0.4, -0.2) is 28.5 Å². The zero-order valence-electron chi connectivity index (χ0n) is 9.52. The van der Waals surface area contributed by atoms with Crippen molar-refractivity contribution in [1.29, 1.82) is 0 Å². The fourth-order valence-electron chi connectivity index (χ4n) is 1.25. The number of nitrogens with zero attached hydrogens (tertiary/aromatic N) is 1. The van der Waals surface area contributed by atoms with Crippen LogP contribution in [-0.2, 0) is 11.3 Å². The molecule has 7 heteroatoms. The number of amides is 1. The normalized spacial score (nSPS) is 10.2. The number of carbonyl (C=O) groups excluding carboxylic acids is 1. The number of carboxylic acid groups (broad SMARTS) is 1. The van der Waals surface area contributed by atoms with Crippen LogP contribution in [0, 0.1) is 6.92 Å². The van der Waals surface area contributed by atoms with Crippen molar-refractivity contribution in [2.45, 2.75) is 26.3 Å². The number of carboxylic acids is 1. The summed E-state index contributed by atoms with van der Waals surface area (Å²) in [5, 5.41) is 12.1. The van der Waals surface area contributed by atoms with Crippen LogP contribution in [0.2, 0.25) is 0 Å². The summed E-state index contributed by atoms with van der Waals surface area (Å²) in [5.74, 6) is -1.14. The van der Waals surface area contributed by atoms with Gasteiger partial charge in [-0.1, -0.05) is 0 Å². The van der Waals surface area contributed by atoms with Crippen LogP contribution in [0.5, 0.6) is 0 Å². The molecule has 0 aliphatic heterocycles. The average molecular weight is 257 g/mol. The maximum absolute atomic E-state index is 11.3. The van der Waals surface area contributed by atoms with Gasteiger partial charge in [0.2, 0.25) is 5.91 Å². The molecule has 1 aromatic rings. The van der Waals surface area contributed by atoms with Crippen LogP contribution in [0.15, 0.2) is 0 Å². The molecule has 0 atom stereocenters. The van der Waals surface area contributed by atoms with Gasteiger partial charge in [-0.2, -0.15) is 0 Å². The van der Waals surface area contributed by atoms with Gasteiger partial charge in [0.15, 0.2) is 5.69 Å². The third-order valence-electron chi connectivity index (χ3n) is 2.09. The summed E-state index contributed by atoms with van der Waals surface area (Å²) in [6.07, 6.45) is 1.02. The SMILES string of the molecule is Cc1sc(CNC(=O)CCCN)nc1C(=O)O. The maximum atomic E-state index is 11.3. The topological polar surface area (TPSA) is 105 Å². The number of hydrogen-bond donors (Lipinski definition) is 3. The molecule has 0 aliphatic carbocycles. The van der Waals surface area contributed by atoms with Crippen molar-refractivity contribution in [1.82, 2.24) is 10.3 Å². The van der Waals surface area contributed by atoms with Gasteiger partial charge in [-0.05, 0) is 19.9 Å². The molecule has 0 fully saturated rings. The van der Waals surface area contributed by atoms with Gasteiger partial charge in [0.05, 0.1) is 6.54 Å². The summed E-state index contributed by atoms with van der Waals surface area (Å²) in [7, 11) is 0. The standard InChI is InChI=1S/C10H15N3O3S/c1-6-9(10(15)16)13-8(17-6)5-12-7(14)3-2-4-11/h2-5,11H2,1H3,(H,12,14)(H,15,16). The summed E-state index contributed by atoms with van der Waals surface area (Å²) in [6, 6.07) is 0. The van der Waals surface area contributed by atoms with E-state index in [-0.39, 0.29) is 18.1 Å². The van der Waals surface area contributed by atoms with E-state index in [4.69, 9.17) is 10.8 Å². The number of rotatable bonds is 6. The highest BCUT2D eigenvalue weighted by molar-refractivity contribution is 7.11. The van der Waals surface area contributed by atoms with Crippen molar-refractivity contribution < 1.29 is 14.7 Å². The van der Waals surface area contributed by atoms with Gasteiger partial charge in [-0.25, -0.2) is 9.78 Å². The highest BCUT2D eigenvalue weighted by atomic mass is 32.1. The molecule has 1 amide bonds. The first kappa shape index (κ1) is 13.6. The van der Waals surface area contributed by atoms with Gasteiger partial charge in [0, 0.05) is 11.3 Å². The van der Waals surface area contributed by atoms with E-state index in [1.54, 1.807) is 6.92 Å². The third-order valence-corrected chi connectivity index (χ3v) is 3.06. The molecule has 0 saturated heterocycles. The van der Waals surface area contributed by atoms with Crippen molar-refractivity contribution in [2.24, 2.45) is 5.73 Å². The summed E-state index contributed by atoms with van der Waals surface area (Å²) < 4.78 is 0. The third kappa shape index (κ3) is 4.12. The summed E-state index contributed by atoms with van der Waals surface area (Å²) in [4.78, 5) is 26.6. The lowest BCUT2D eigenvalue weighted by Crippen LogP contribution is -2.23. The van der Waals surface area contributed by atoms with E-state index in [1.165, 1.54) is 11.3 Å². The first-order chi connectivity index (χ1) is 8.04. The number of carbonyl (C=O) groups is 2. The van der Waals surface area contributed by atoms with E-state index >= 15 is 0 Å². The number of hydrogen-bond acceptors (Lipinski definition) is 5. The van der Waals surface area contributed by atoms with Gasteiger partial charge >= 0.3 is 5.97 Å². The minimum atomic E-state index is -1.04.